The summed E-state index contributed by atoms with van der Waals surface area (Å²) in [6, 6.07) is 10.2. The van der Waals surface area contributed by atoms with Crippen LogP contribution >= 0.6 is 0 Å². The number of imidazole rings is 1. The smallest absolute Gasteiger partial charge is 0.280 e. The molecule has 1 aromatic carbocycles. The quantitative estimate of drug-likeness (QED) is 0.514. The normalized spacial score (nSPS) is 16.7. The fraction of sp³-hybridized carbons (Fsp3) is 0.391. The molecule has 166 valence electrons. The van der Waals surface area contributed by atoms with Gasteiger partial charge in [-0.1, -0.05) is 30.3 Å². The summed E-state index contributed by atoms with van der Waals surface area (Å²) in [5.74, 6) is 1.98. The number of piperidine rings is 1. The summed E-state index contributed by atoms with van der Waals surface area (Å²) in [4.78, 5) is 29.4. The number of aryl methyl sites for hydroxylation is 2. The molecule has 5 rings (SSSR count). The van der Waals surface area contributed by atoms with Crippen molar-refractivity contribution in [3.05, 3.63) is 69.9 Å². The molecule has 4 aromatic rings. The van der Waals surface area contributed by atoms with Gasteiger partial charge in [-0.15, -0.1) is 0 Å². The third-order valence-corrected chi connectivity index (χ3v) is 6.01. The van der Waals surface area contributed by atoms with E-state index in [1.807, 2.05) is 48.7 Å². The van der Waals surface area contributed by atoms with Crippen molar-refractivity contribution in [1.82, 2.24) is 24.1 Å². The molecule has 1 aliphatic heterocycles. The number of hydrogen-bond acceptors (Lipinski definition) is 7. The number of benzene rings is 1. The molecule has 0 amide bonds. The lowest BCUT2D eigenvalue weighted by atomic mass is 10.1. The summed E-state index contributed by atoms with van der Waals surface area (Å²) in [6.45, 7) is 6.06. The molecule has 9 heteroatoms. The SMILES string of the molecule is Cc1nc(Cn2cnc3nc(N4CCCC(N)C4)n(Cc4ccccc4)c3c2=O)oc1C. The lowest BCUT2D eigenvalue weighted by Gasteiger charge is -2.31. The maximum Gasteiger partial charge on any atom is 0.280 e. The van der Waals surface area contributed by atoms with E-state index in [1.54, 1.807) is 0 Å². The van der Waals surface area contributed by atoms with Crippen molar-refractivity contribution >= 4 is 17.1 Å². The van der Waals surface area contributed by atoms with Gasteiger partial charge in [0.1, 0.15) is 18.6 Å². The molecule has 2 N–H and O–H groups in total. The van der Waals surface area contributed by atoms with Crippen molar-refractivity contribution in [2.75, 3.05) is 18.0 Å². The minimum atomic E-state index is -0.167. The van der Waals surface area contributed by atoms with Gasteiger partial charge in [-0.2, -0.15) is 4.98 Å². The van der Waals surface area contributed by atoms with Gasteiger partial charge in [0, 0.05) is 19.1 Å². The van der Waals surface area contributed by atoms with Crippen molar-refractivity contribution < 1.29 is 4.42 Å². The predicted octanol–water partition coefficient (Wildman–Crippen LogP) is 2.22. The first-order valence-corrected chi connectivity index (χ1v) is 10.9. The molecule has 0 aliphatic carbocycles. The van der Waals surface area contributed by atoms with Crippen LogP contribution in [0.5, 0.6) is 0 Å². The Bertz CT molecular complexity index is 1290. The average molecular weight is 434 g/mol. The van der Waals surface area contributed by atoms with Crippen molar-refractivity contribution in [1.29, 1.82) is 0 Å². The van der Waals surface area contributed by atoms with Gasteiger partial charge in [0.2, 0.25) is 11.8 Å². The van der Waals surface area contributed by atoms with Crippen LogP contribution < -0.4 is 16.2 Å². The Morgan fingerprint density at radius 1 is 1.16 bits per heavy atom. The number of oxazole rings is 1. The maximum atomic E-state index is 13.5. The molecular weight excluding hydrogens is 406 g/mol. The fourth-order valence-electron chi connectivity index (χ4n) is 4.26. The zero-order chi connectivity index (χ0) is 22.2. The van der Waals surface area contributed by atoms with Gasteiger partial charge in [-0.25, -0.2) is 9.97 Å². The van der Waals surface area contributed by atoms with Gasteiger partial charge >= 0.3 is 0 Å². The van der Waals surface area contributed by atoms with Crippen molar-refractivity contribution in [2.45, 2.75) is 45.8 Å². The number of aromatic nitrogens is 5. The summed E-state index contributed by atoms with van der Waals surface area (Å²) < 4.78 is 9.18. The second-order valence-corrected chi connectivity index (χ2v) is 8.43. The molecule has 0 radical (unpaired) electrons. The molecule has 0 spiro atoms. The Hall–Kier alpha value is -3.46. The second-order valence-electron chi connectivity index (χ2n) is 8.43. The van der Waals surface area contributed by atoms with Crippen LogP contribution in [0.15, 0.2) is 45.9 Å². The van der Waals surface area contributed by atoms with Crippen molar-refractivity contribution in [2.24, 2.45) is 5.73 Å². The number of anilines is 1. The molecule has 1 unspecified atom stereocenters. The van der Waals surface area contributed by atoms with E-state index in [4.69, 9.17) is 15.1 Å². The molecule has 0 bridgehead atoms. The van der Waals surface area contributed by atoms with E-state index in [2.05, 4.69) is 14.9 Å². The Labute approximate surface area is 185 Å². The number of nitrogens with zero attached hydrogens (tertiary/aromatic N) is 6. The van der Waals surface area contributed by atoms with E-state index in [1.165, 1.54) is 10.9 Å². The number of fused-ring (bicyclic) bond motifs is 1. The van der Waals surface area contributed by atoms with Crippen LogP contribution in [0.4, 0.5) is 5.95 Å². The highest BCUT2D eigenvalue weighted by Crippen LogP contribution is 2.24. The third kappa shape index (κ3) is 3.80. The summed E-state index contributed by atoms with van der Waals surface area (Å²) in [5, 5.41) is 0. The highest BCUT2D eigenvalue weighted by Gasteiger charge is 2.25. The number of nitrogens with two attached hydrogens (primary N) is 1. The summed E-state index contributed by atoms with van der Waals surface area (Å²) in [6.07, 6.45) is 3.51. The molecule has 0 saturated carbocycles. The average Bonchev–Trinajstić information content (AvgIpc) is 3.30. The summed E-state index contributed by atoms with van der Waals surface area (Å²) >= 11 is 0. The first kappa shape index (κ1) is 20.4. The van der Waals surface area contributed by atoms with Crippen molar-refractivity contribution in [3.8, 4) is 0 Å². The molecule has 1 saturated heterocycles. The molecule has 9 nitrogen and oxygen atoms in total. The van der Waals surface area contributed by atoms with Crippen LogP contribution in [0.1, 0.15) is 35.7 Å². The molecule has 1 atom stereocenters. The maximum absolute atomic E-state index is 13.5. The first-order valence-electron chi connectivity index (χ1n) is 10.9. The van der Waals surface area contributed by atoms with E-state index in [0.717, 1.165) is 42.4 Å². The molecule has 32 heavy (non-hydrogen) atoms. The first-order chi connectivity index (χ1) is 15.5. The largest absolute Gasteiger partial charge is 0.444 e. The van der Waals surface area contributed by atoms with Crippen LogP contribution in [0, 0.1) is 13.8 Å². The molecular formula is C23H27N7O2. The lowest BCUT2D eigenvalue weighted by Crippen LogP contribution is -2.44. The fourth-order valence-corrected chi connectivity index (χ4v) is 4.26. The molecule has 4 heterocycles. The van der Waals surface area contributed by atoms with Crippen LogP contribution in [0.2, 0.25) is 0 Å². The lowest BCUT2D eigenvalue weighted by molar-refractivity contribution is 0.453. The van der Waals surface area contributed by atoms with E-state index in [9.17, 15) is 4.79 Å². The Morgan fingerprint density at radius 3 is 2.69 bits per heavy atom. The summed E-state index contributed by atoms with van der Waals surface area (Å²) in [5.41, 5.74) is 8.89. The van der Waals surface area contributed by atoms with Crippen LogP contribution in [-0.2, 0) is 13.1 Å². The van der Waals surface area contributed by atoms with Gasteiger partial charge in [-0.05, 0) is 32.3 Å². The van der Waals surface area contributed by atoms with E-state index in [-0.39, 0.29) is 18.1 Å². The van der Waals surface area contributed by atoms with Crippen molar-refractivity contribution in [3.63, 3.8) is 0 Å². The summed E-state index contributed by atoms with van der Waals surface area (Å²) in [7, 11) is 0. The van der Waals surface area contributed by atoms with Crippen LogP contribution in [0.25, 0.3) is 11.2 Å². The minimum Gasteiger partial charge on any atom is -0.444 e. The Morgan fingerprint density at radius 2 is 1.97 bits per heavy atom. The minimum absolute atomic E-state index is 0.0925. The zero-order valence-electron chi connectivity index (χ0n) is 18.4. The van der Waals surface area contributed by atoms with Gasteiger partial charge < -0.3 is 15.1 Å². The number of hydrogen-bond donors (Lipinski definition) is 1. The Balaban J connectivity index is 1.62. The third-order valence-electron chi connectivity index (χ3n) is 6.01. The topological polar surface area (TPSA) is 108 Å². The van der Waals surface area contributed by atoms with Crippen LogP contribution in [-0.4, -0.2) is 43.2 Å². The van der Waals surface area contributed by atoms with E-state index < -0.39 is 0 Å². The Kier molecular flexibility index (Phi) is 5.26. The molecule has 3 aromatic heterocycles. The van der Waals surface area contributed by atoms with Gasteiger partial charge in [0.25, 0.3) is 5.56 Å². The number of rotatable bonds is 5. The van der Waals surface area contributed by atoms with E-state index in [0.29, 0.717) is 30.1 Å². The molecule has 1 fully saturated rings. The monoisotopic (exact) mass is 433 g/mol. The predicted molar refractivity (Wildman–Crippen MR) is 122 cm³/mol. The standard InChI is InChI=1S/C23H27N7O2/c1-15-16(2)32-19(26-15)13-29-14-25-21-20(22(29)31)30(11-17-7-4-3-5-8-17)23(27-21)28-10-6-9-18(24)12-28/h3-5,7-8,14,18H,6,9-13,24H2,1-2H3. The van der Waals surface area contributed by atoms with Gasteiger partial charge in [0.05, 0.1) is 12.2 Å². The van der Waals surface area contributed by atoms with Gasteiger partial charge in [0.15, 0.2) is 11.2 Å². The highest BCUT2D eigenvalue weighted by atomic mass is 16.4. The molecule has 1 aliphatic rings. The van der Waals surface area contributed by atoms with Gasteiger partial charge in [-0.3, -0.25) is 13.9 Å². The highest BCUT2D eigenvalue weighted by molar-refractivity contribution is 5.74. The second kappa shape index (κ2) is 8.23. The van der Waals surface area contributed by atoms with E-state index >= 15 is 0 Å². The zero-order valence-corrected chi connectivity index (χ0v) is 18.4. The van der Waals surface area contributed by atoms with Crippen LogP contribution in [0.3, 0.4) is 0 Å².